The van der Waals surface area contributed by atoms with Gasteiger partial charge in [0, 0.05) is 50.0 Å². The molecule has 4 aromatic rings. The van der Waals surface area contributed by atoms with E-state index in [1.165, 1.54) is 7.05 Å². The summed E-state index contributed by atoms with van der Waals surface area (Å²) in [5.74, 6) is 5.49. The summed E-state index contributed by atoms with van der Waals surface area (Å²) in [4.78, 5) is 40.0. The maximum absolute atomic E-state index is 13.1. The number of aliphatic carboxylic acids is 1. The van der Waals surface area contributed by atoms with Gasteiger partial charge in [0.1, 0.15) is 11.8 Å². The summed E-state index contributed by atoms with van der Waals surface area (Å²) in [5.41, 5.74) is 2.99. The number of anilines is 1. The van der Waals surface area contributed by atoms with Crippen LogP contribution in [-0.2, 0) is 29.7 Å². The van der Waals surface area contributed by atoms with Crippen molar-refractivity contribution in [1.82, 2.24) is 18.6 Å². The van der Waals surface area contributed by atoms with Gasteiger partial charge < -0.3 is 14.7 Å². The Hall–Kier alpha value is -4.74. The van der Waals surface area contributed by atoms with E-state index in [0.29, 0.717) is 54.9 Å². The third-order valence-corrected chi connectivity index (χ3v) is 9.02. The smallest absolute Gasteiger partial charge is 0.331 e. The van der Waals surface area contributed by atoms with E-state index >= 15 is 0 Å². The van der Waals surface area contributed by atoms with Crippen molar-refractivity contribution < 1.29 is 23.4 Å². The highest BCUT2D eigenvalue weighted by molar-refractivity contribution is 7.76. The molecule has 0 bridgehead atoms. The number of rotatable bonds is 9. The Balaban J connectivity index is 1.30. The molecule has 1 aliphatic heterocycles. The average Bonchev–Trinajstić information content (AvgIpc) is 3.07. The van der Waals surface area contributed by atoms with Crippen molar-refractivity contribution >= 4 is 33.8 Å². The number of aromatic nitrogens is 2. The number of hydrogen-bond acceptors (Lipinski definition) is 7. The summed E-state index contributed by atoms with van der Waals surface area (Å²) in [6.45, 7) is 5.57. The zero-order valence-corrected chi connectivity index (χ0v) is 27.4. The van der Waals surface area contributed by atoms with Gasteiger partial charge >= 0.3 is 11.7 Å². The fraction of sp³-hybridized carbons (Fsp3) is 0.324. The molecule has 1 aliphatic rings. The van der Waals surface area contributed by atoms with Gasteiger partial charge in [-0.05, 0) is 66.1 Å². The van der Waals surface area contributed by atoms with Crippen LogP contribution in [0.1, 0.15) is 30.5 Å². The molecule has 0 spiro atoms. The van der Waals surface area contributed by atoms with Crippen LogP contribution in [0.5, 0.6) is 5.75 Å². The van der Waals surface area contributed by atoms with Crippen LogP contribution in [0.3, 0.4) is 0 Å². The van der Waals surface area contributed by atoms with Crippen LogP contribution in [0.25, 0.3) is 10.9 Å². The lowest BCUT2D eigenvalue weighted by Gasteiger charge is -2.42. The zero-order valence-electron chi connectivity index (χ0n) is 26.6. The van der Waals surface area contributed by atoms with Crippen molar-refractivity contribution in [2.24, 2.45) is 13.0 Å². The lowest BCUT2D eigenvalue weighted by atomic mass is 10.1. The SMILES string of the molecule is COc1ccc(Cn2c(=O)n(C)c(=O)c3cc(C#Cc4ccc(N5CCN(N(C(C(=O)O)C(C)C)S(=O)O)CC5)cc4)ccc32)cc1. The molecule has 1 aromatic heterocycles. The number of fused-ring (bicyclic) bond motifs is 1. The first kappa shape index (κ1) is 33.6. The highest BCUT2D eigenvalue weighted by Gasteiger charge is 2.38. The fourth-order valence-electron chi connectivity index (χ4n) is 5.70. The minimum absolute atomic E-state index is 0.292. The van der Waals surface area contributed by atoms with E-state index in [1.807, 2.05) is 48.5 Å². The molecule has 3 aromatic carbocycles. The largest absolute Gasteiger partial charge is 0.497 e. The van der Waals surface area contributed by atoms with Crippen molar-refractivity contribution in [3.63, 3.8) is 0 Å². The molecule has 0 radical (unpaired) electrons. The van der Waals surface area contributed by atoms with Crippen LogP contribution < -0.4 is 20.9 Å². The van der Waals surface area contributed by atoms with E-state index in [0.717, 1.165) is 25.8 Å². The topological polar surface area (TPSA) is 138 Å². The quantitative estimate of drug-likeness (QED) is 0.205. The maximum atomic E-state index is 13.1. The minimum atomic E-state index is -2.46. The molecule has 5 rings (SSSR count). The van der Waals surface area contributed by atoms with E-state index in [2.05, 4.69) is 16.7 Å². The van der Waals surface area contributed by atoms with Crippen molar-refractivity contribution in [1.29, 1.82) is 0 Å². The predicted molar refractivity (Wildman–Crippen MR) is 181 cm³/mol. The lowest BCUT2D eigenvalue weighted by Crippen LogP contribution is -2.60. The average molecular weight is 660 g/mol. The Bertz CT molecular complexity index is 1970. The van der Waals surface area contributed by atoms with Gasteiger partial charge in [-0.2, -0.15) is 0 Å². The summed E-state index contributed by atoms with van der Waals surface area (Å²) in [7, 11) is 3.06. The van der Waals surface area contributed by atoms with Crippen LogP contribution in [0.15, 0.2) is 76.3 Å². The summed E-state index contributed by atoms with van der Waals surface area (Å²) in [6, 6.07) is 19.3. The monoisotopic (exact) mass is 659 g/mol. The van der Waals surface area contributed by atoms with E-state index < -0.39 is 29.0 Å². The molecule has 2 heterocycles. The number of ether oxygens (including phenoxy) is 1. The number of carboxylic acids is 1. The second-order valence-electron chi connectivity index (χ2n) is 11.6. The number of piperazine rings is 1. The van der Waals surface area contributed by atoms with Crippen LogP contribution in [0.2, 0.25) is 0 Å². The van der Waals surface area contributed by atoms with Crippen LogP contribution in [0, 0.1) is 17.8 Å². The zero-order chi connectivity index (χ0) is 33.8. The van der Waals surface area contributed by atoms with Gasteiger partial charge in [-0.1, -0.05) is 37.8 Å². The van der Waals surface area contributed by atoms with Crippen molar-refractivity contribution in [3.05, 3.63) is 104 Å². The Morgan fingerprint density at radius 3 is 2.15 bits per heavy atom. The first-order chi connectivity index (χ1) is 22.5. The molecule has 0 aliphatic carbocycles. The molecule has 1 fully saturated rings. The standard InChI is InChI=1S/C34H37N5O7S/c1-23(2)31(33(41)42)39(47(44)45)37-19-17-36(18-20-37)27-12-7-24(8-13-27)5-6-25-11-16-30-29(21-25)32(40)35(3)34(43)38(30)22-26-9-14-28(46-4)15-10-26/h7-16,21,23,31H,17-20,22H2,1-4H3,(H,41,42)(H,44,45). The first-order valence-corrected chi connectivity index (χ1v) is 16.2. The third kappa shape index (κ3) is 7.31. The number of nitrogens with zero attached hydrogens (tertiary/aromatic N) is 5. The first-order valence-electron chi connectivity index (χ1n) is 15.1. The second kappa shape index (κ2) is 14.4. The Labute approximate surface area is 274 Å². The Morgan fingerprint density at radius 1 is 0.957 bits per heavy atom. The lowest BCUT2D eigenvalue weighted by molar-refractivity contribution is -0.148. The highest BCUT2D eigenvalue weighted by atomic mass is 32.2. The molecular weight excluding hydrogens is 622 g/mol. The molecule has 246 valence electrons. The van der Waals surface area contributed by atoms with Gasteiger partial charge in [0.05, 0.1) is 24.6 Å². The fourth-order valence-corrected chi connectivity index (χ4v) is 6.58. The van der Waals surface area contributed by atoms with Gasteiger partial charge in [0.15, 0.2) is 0 Å². The summed E-state index contributed by atoms with van der Waals surface area (Å²) in [5, 5.41) is 11.7. The summed E-state index contributed by atoms with van der Waals surface area (Å²) in [6.07, 6.45) is 0. The van der Waals surface area contributed by atoms with E-state index in [4.69, 9.17) is 4.74 Å². The van der Waals surface area contributed by atoms with Gasteiger partial charge in [0.2, 0.25) is 11.3 Å². The minimum Gasteiger partial charge on any atom is -0.497 e. The molecule has 47 heavy (non-hydrogen) atoms. The summed E-state index contributed by atoms with van der Waals surface area (Å²) < 4.78 is 30.9. The molecule has 12 nitrogen and oxygen atoms in total. The molecule has 1 saturated heterocycles. The Kier molecular flexibility index (Phi) is 10.3. The number of benzene rings is 3. The maximum Gasteiger partial charge on any atom is 0.331 e. The molecule has 0 saturated carbocycles. The predicted octanol–water partition coefficient (Wildman–Crippen LogP) is 2.74. The number of carboxylic acid groups (broad SMARTS) is 1. The number of methoxy groups -OCH3 is 1. The Morgan fingerprint density at radius 2 is 1.57 bits per heavy atom. The number of hydrazine groups is 1. The van der Waals surface area contributed by atoms with E-state index in [1.54, 1.807) is 48.7 Å². The van der Waals surface area contributed by atoms with Crippen molar-refractivity contribution in [3.8, 4) is 17.6 Å². The normalized spacial score (nSPS) is 15.0. The number of carbonyl (C=O) groups is 1. The van der Waals surface area contributed by atoms with Crippen molar-refractivity contribution in [2.75, 3.05) is 38.2 Å². The molecular formula is C34H37N5O7S. The molecule has 2 unspecified atom stereocenters. The van der Waals surface area contributed by atoms with Gasteiger partial charge in [-0.15, -0.1) is 4.41 Å². The molecule has 13 heteroatoms. The molecule has 2 N–H and O–H groups in total. The van der Waals surface area contributed by atoms with E-state index in [9.17, 15) is 28.3 Å². The third-order valence-electron chi connectivity index (χ3n) is 8.24. The van der Waals surface area contributed by atoms with E-state index in [-0.39, 0.29) is 11.5 Å². The number of hydrogen-bond donors (Lipinski definition) is 2. The van der Waals surface area contributed by atoms with Gasteiger partial charge in [-0.25, -0.2) is 14.0 Å². The summed E-state index contributed by atoms with van der Waals surface area (Å²) >= 11 is -2.46. The van der Waals surface area contributed by atoms with Crippen LogP contribution in [0.4, 0.5) is 5.69 Å². The van der Waals surface area contributed by atoms with Crippen LogP contribution >= 0.6 is 0 Å². The van der Waals surface area contributed by atoms with Gasteiger partial charge in [-0.3, -0.25) is 23.3 Å². The highest BCUT2D eigenvalue weighted by Crippen LogP contribution is 2.22. The van der Waals surface area contributed by atoms with Gasteiger partial charge in [0.25, 0.3) is 5.56 Å². The second-order valence-corrected chi connectivity index (χ2v) is 12.4. The van der Waals surface area contributed by atoms with Crippen molar-refractivity contribution in [2.45, 2.75) is 26.4 Å². The molecule has 2 atom stereocenters. The van der Waals surface area contributed by atoms with Crippen LogP contribution in [-0.4, -0.2) is 77.7 Å². The molecule has 0 amide bonds.